The Balaban J connectivity index is 2.19. The first-order chi connectivity index (χ1) is 16.0. The molecule has 0 bridgehead atoms. The van der Waals surface area contributed by atoms with Crippen LogP contribution in [-0.2, 0) is 25.5 Å². The molecule has 0 saturated heterocycles. The second-order valence-electron chi connectivity index (χ2n) is 8.33. The van der Waals surface area contributed by atoms with Gasteiger partial charge < -0.3 is 19.5 Å². The smallest absolute Gasteiger partial charge is 0.338 e. The number of methoxy groups -OCH3 is 1. The lowest BCUT2D eigenvalue weighted by Crippen LogP contribution is -2.39. The van der Waals surface area contributed by atoms with Crippen LogP contribution < -0.4 is 10.1 Å². The van der Waals surface area contributed by atoms with Crippen LogP contribution in [0.15, 0.2) is 51.8 Å². The molecule has 0 aromatic heterocycles. The Bertz CT molecular complexity index is 1000. The van der Waals surface area contributed by atoms with Crippen LogP contribution in [0.3, 0.4) is 0 Å². The fraction of sp³-hybridized carbons (Fsp3) is 0.400. The number of rotatable bonds is 10. The van der Waals surface area contributed by atoms with E-state index in [2.05, 4.69) is 21.2 Å². The van der Waals surface area contributed by atoms with E-state index >= 15 is 0 Å². The van der Waals surface area contributed by atoms with Gasteiger partial charge in [-0.2, -0.15) is 0 Å². The van der Waals surface area contributed by atoms with Crippen molar-refractivity contribution >= 4 is 45.5 Å². The molecular formula is C25H30BrNO6S. The van der Waals surface area contributed by atoms with E-state index < -0.39 is 22.8 Å². The van der Waals surface area contributed by atoms with Crippen molar-refractivity contribution in [3.05, 3.63) is 58.1 Å². The summed E-state index contributed by atoms with van der Waals surface area (Å²) in [7, 11) is 1.59. The lowest BCUT2D eigenvalue weighted by atomic mass is 10.1. The molecule has 0 radical (unpaired) electrons. The first-order valence-corrected chi connectivity index (χ1v) is 12.5. The summed E-state index contributed by atoms with van der Waals surface area (Å²) in [6.45, 7) is 7.12. The average Bonchev–Trinajstić information content (AvgIpc) is 2.77. The summed E-state index contributed by atoms with van der Waals surface area (Å²) >= 11 is 4.83. The van der Waals surface area contributed by atoms with Crippen LogP contribution in [0.4, 0.5) is 0 Å². The van der Waals surface area contributed by atoms with Gasteiger partial charge in [0.2, 0.25) is 5.91 Å². The molecule has 0 heterocycles. The number of thioether (sulfide) groups is 1. The molecule has 0 fully saturated rings. The molecule has 7 nitrogen and oxygen atoms in total. The van der Waals surface area contributed by atoms with Gasteiger partial charge in [0.15, 0.2) is 0 Å². The summed E-state index contributed by atoms with van der Waals surface area (Å²) < 4.78 is 16.2. The molecule has 0 aliphatic rings. The summed E-state index contributed by atoms with van der Waals surface area (Å²) in [6.07, 6.45) is 0.418. The van der Waals surface area contributed by atoms with E-state index in [1.54, 1.807) is 53.0 Å². The molecule has 0 spiro atoms. The van der Waals surface area contributed by atoms with Crippen LogP contribution in [0.5, 0.6) is 5.75 Å². The Morgan fingerprint density at radius 2 is 1.76 bits per heavy atom. The van der Waals surface area contributed by atoms with Gasteiger partial charge in [-0.15, -0.1) is 11.8 Å². The summed E-state index contributed by atoms with van der Waals surface area (Å²) in [5.74, 6) is -0.494. The van der Waals surface area contributed by atoms with Gasteiger partial charge in [0.05, 0.1) is 24.5 Å². The van der Waals surface area contributed by atoms with Gasteiger partial charge in [-0.05, 0) is 85.9 Å². The van der Waals surface area contributed by atoms with Gasteiger partial charge in [0.25, 0.3) is 0 Å². The summed E-state index contributed by atoms with van der Waals surface area (Å²) in [5, 5.41) is 2.14. The zero-order valence-electron chi connectivity index (χ0n) is 20.0. The molecule has 2 aromatic rings. The Labute approximate surface area is 213 Å². The zero-order chi connectivity index (χ0) is 25.3. The average molecular weight is 552 g/mol. The van der Waals surface area contributed by atoms with E-state index in [4.69, 9.17) is 14.2 Å². The maximum Gasteiger partial charge on any atom is 0.338 e. The third-order valence-electron chi connectivity index (χ3n) is 4.41. The highest BCUT2D eigenvalue weighted by Gasteiger charge is 2.24. The molecule has 34 heavy (non-hydrogen) atoms. The molecule has 1 atom stereocenters. The number of hydrogen-bond acceptors (Lipinski definition) is 7. The molecule has 2 rings (SSSR count). The highest BCUT2D eigenvalue weighted by Crippen LogP contribution is 2.33. The topological polar surface area (TPSA) is 90.9 Å². The third-order valence-corrected chi connectivity index (χ3v) is 6.61. The lowest BCUT2D eigenvalue weighted by Gasteiger charge is -2.21. The van der Waals surface area contributed by atoms with Crippen molar-refractivity contribution < 1.29 is 28.6 Å². The van der Waals surface area contributed by atoms with Gasteiger partial charge >= 0.3 is 11.9 Å². The minimum Gasteiger partial charge on any atom is -0.497 e. The minimum absolute atomic E-state index is 0.223. The number of esters is 2. The molecule has 184 valence electrons. The Hall–Kier alpha value is -2.52. The van der Waals surface area contributed by atoms with Crippen molar-refractivity contribution in [1.29, 1.82) is 0 Å². The summed E-state index contributed by atoms with van der Waals surface area (Å²) in [6, 6.07) is 12.6. The normalized spacial score (nSPS) is 11.9. The first-order valence-electron chi connectivity index (χ1n) is 10.8. The van der Waals surface area contributed by atoms with Gasteiger partial charge in [-0.25, -0.2) is 4.79 Å². The van der Waals surface area contributed by atoms with Gasteiger partial charge in [-0.1, -0.05) is 12.1 Å². The number of ether oxygens (including phenoxy) is 3. The van der Waals surface area contributed by atoms with Crippen molar-refractivity contribution in [2.45, 2.75) is 49.9 Å². The number of benzene rings is 2. The maximum atomic E-state index is 13.1. The second kappa shape index (κ2) is 12.8. The summed E-state index contributed by atoms with van der Waals surface area (Å²) in [4.78, 5) is 37.9. The van der Waals surface area contributed by atoms with Crippen LogP contribution in [0.2, 0.25) is 0 Å². The molecule has 0 unspecified atom stereocenters. The fourth-order valence-electron chi connectivity index (χ4n) is 2.91. The molecule has 1 N–H and O–H groups in total. The Morgan fingerprint density at radius 1 is 1.09 bits per heavy atom. The number of halogens is 1. The Kier molecular flexibility index (Phi) is 10.4. The SMILES string of the molecule is CCOC(=O)c1ccc(S[C@@H](Cc2ccc(OC)cc2)C(=O)NCC(=O)OC(C)(C)C)c(Br)c1. The molecule has 9 heteroatoms. The zero-order valence-corrected chi connectivity index (χ0v) is 22.4. The Morgan fingerprint density at radius 3 is 2.32 bits per heavy atom. The standard InChI is InChI=1S/C25H30BrNO6S/c1-6-32-24(30)17-9-12-20(19(26)14-17)34-21(13-16-7-10-18(31-5)11-8-16)23(29)27-15-22(28)33-25(2,3)4/h7-12,14,21H,6,13,15H2,1-5H3,(H,27,29)/t21-/m0/s1. The van der Waals surface area contributed by atoms with Crippen molar-refractivity contribution in [3.8, 4) is 5.75 Å². The highest BCUT2D eigenvalue weighted by atomic mass is 79.9. The van der Waals surface area contributed by atoms with Crippen LogP contribution in [0.1, 0.15) is 43.6 Å². The second-order valence-corrected chi connectivity index (χ2v) is 10.4. The van der Waals surface area contributed by atoms with Crippen molar-refractivity contribution in [1.82, 2.24) is 5.32 Å². The van der Waals surface area contributed by atoms with Crippen LogP contribution in [-0.4, -0.2) is 49.0 Å². The van der Waals surface area contributed by atoms with Crippen LogP contribution >= 0.6 is 27.7 Å². The maximum absolute atomic E-state index is 13.1. The monoisotopic (exact) mass is 551 g/mol. The molecule has 1 amide bonds. The van der Waals surface area contributed by atoms with Crippen LogP contribution in [0.25, 0.3) is 0 Å². The van der Waals surface area contributed by atoms with Crippen molar-refractivity contribution in [3.63, 3.8) is 0 Å². The lowest BCUT2D eigenvalue weighted by molar-refractivity contribution is -0.154. The van der Waals surface area contributed by atoms with E-state index in [0.717, 1.165) is 16.2 Å². The fourth-order valence-corrected chi connectivity index (χ4v) is 4.66. The predicted molar refractivity (Wildman–Crippen MR) is 135 cm³/mol. The number of amides is 1. The van der Waals surface area contributed by atoms with E-state index in [1.165, 1.54) is 11.8 Å². The highest BCUT2D eigenvalue weighted by molar-refractivity contribution is 9.10. The van der Waals surface area contributed by atoms with Gasteiger partial charge in [-0.3, -0.25) is 9.59 Å². The molecule has 0 aliphatic carbocycles. The molecule has 2 aromatic carbocycles. The van der Waals surface area contributed by atoms with Gasteiger partial charge in [0, 0.05) is 9.37 Å². The molecule has 0 aliphatic heterocycles. The van der Waals surface area contributed by atoms with Crippen molar-refractivity contribution in [2.75, 3.05) is 20.3 Å². The number of hydrogen-bond donors (Lipinski definition) is 1. The quantitative estimate of drug-likeness (QED) is 0.335. The molecular weight excluding hydrogens is 522 g/mol. The van der Waals surface area contributed by atoms with Crippen molar-refractivity contribution in [2.24, 2.45) is 0 Å². The number of carbonyl (C=O) groups is 3. The first kappa shape index (κ1) is 27.7. The number of carbonyl (C=O) groups excluding carboxylic acids is 3. The van der Waals surface area contributed by atoms with Gasteiger partial charge in [0.1, 0.15) is 17.9 Å². The predicted octanol–water partition coefficient (Wildman–Crippen LogP) is 4.80. The largest absolute Gasteiger partial charge is 0.497 e. The molecule has 0 saturated carbocycles. The van der Waals surface area contributed by atoms with E-state index in [1.807, 2.05) is 24.3 Å². The van der Waals surface area contributed by atoms with E-state index in [9.17, 15) is 14.4 Å². The van der Waals surface area contributed by atoms with E-state index in [0.29, 0.717) is 16.5 Å². The van der Waals surface area contributed by atoms with Crippen LogP contribution in [0, 0.1) is 0 Å². The summed E-state index contributed by atoms with van der Waals surface area (Å²) in [5.41, 5.74) is 0.717. The minimum atomic E-state index is -0.634. The third kappa shape index (κ3) is 9.02. The number of nitrogens with one attached hydrogen (secondary N) is 1. The van der Waals surface area contributed by atoms with E-state index in [-0.39, 0.29) is 19.1 Å².